The van der Waals surface area contributed by atoms with Gasteiger partial charge in [0, 0.05) is 12.7 Å². The summed E-state index contributed by atoms with van der Waals surface area (Å²) in [7, 11) is 1.81. The standard InChI is InChI=1S/C18H22N2O/c1-12-5-8-15(9-6-12)14(3)20(4)18(21)16-11-13(2)7-10-17(16)19/h5-11,14H,19H2,1-4H3. The number of hydrogen-bond donors (Lipinski definition) is 1. The number of nitrogen functional groups attached to an aromatic ring is 1. The zero-order valence-corrected chi connectivity index (χ0v) is 13.1. The lowest BCUT2D eigenvalue weighted by Gasteiger charge is -2.26. The van der Waals surface area contributed by atoms with E-state index in [1.165, 1.54) is 5.56 Å². The van der Waals surface area contributed by atoms with E-state index < -0.39 is 0 Å². The van der Waals surface area contributed by atoms with Crippen LogP contribution in [-0.2, 0) is 0 Å². The van der Waals surface area contributed by atoms with Gasteiger partial charge in [0.2, 0.25) is 0 Å². The van der Waals surface area contributed by atoms with E-state index in [-0.39, 0.29) is 11.9 Å². The van der Waals surface area contributed by atoms with Crippen LogP contribution >= 0.6 is 0 Å². The van der Waals surface area contributed by atoms with Gasteiger partial charge >= 0.3 is 0 Å². The molecule has 0 aliphatic carbocycles. The Morgan fingerprint density at radius 3 is 2.24 bits per heavy atom. The summed E-state index contributed by atoms with van der Waals surface area (Å²) in [6.07, 6.45) is 0. The van der Waals surface area contributed by atoms with Crippen molar-refractivity contribution in [1.29, 1.82) is 0 Å². The molecular weight excluding hydrogens is 260 g/mol. The quantitative estimate of drug-likeness (QED) is 0.872. The van der Waals surface area contributed by atoms with Crippen LogP contribution in [0.2, 0.25) is 0 Å². The molecule has 2 aromatic rings. The molecule has 2 aromatic carbocycles. The molecular formula is C18H22N2O. The molecule has 1 atom stereocenters. The molecule has 0 saturated heterocycles. The average Bonchev–Trinajstić information content (AvgIpc) is 2.48. The first-order valence-corrected chi connectivity index (χ1v) is 7.10. The number of anilines is 1. The first-order valence-electron chi connectivity index (χ1n) is 7.10. The van der Waals surface area contributed by atoms with Crippen molar-refractivity contribution < 1.29 is 4.79 Å². The number of nitrogens with zero attached hydrogens (tertiary/aromatic N) is 1. The van der Waals surface area contributed by atoms with Gasteiger partial charge in [0.15, 0.2) is 0 Å². The second-order valence-corrected chi connectivity index (χ2v) is 5.59. The zero-order chi connectivity index (χ0) is 15.6. The third kappa shape index (κ3) is 3.24. The Hall–Kier alpha value is -2.29. The zero-order valence-electron chi connectivity index (χ0n) is 13.1. The number of carbonyl (C=O) groups excluding carboxylic acids is 1. The van der Waals surface area contributed by atoms with Gasteiger partial charge in [-0.2, -0.15) is 0 Å². The summed E-state index contributed by atoms with van der Waals surface area (Å²) in [4.78, 5) is 14.4. The maximum atomic E-state index is 12.6. The fourth-order valence-electron chi connectivity index (χ4n) is 2.29. The molecule has 0 fully saturated rings. The molecule has 110 valence electrons. The number of nitrogens with two attached hydrogens (primary N) is 1. The lowest BCUT2D eigenvalue weighted by atomic mass is 10.0. The number of rotatable bonds is 3. The number of carbonyl (C=O) groups is 1. The first-order chi connectivity index (χ1) is 9.90. The van der Waals surface area contributed by atoms with Crippen molar-refractivity contribution in [3.63, 3.8) is 0 Å². The van der Waals surface area contributed by atoms with Crippen LogP contribution in [0, 0.1) is 13.8 Å². The van der Waals surface area contributed by atoms with Crippen molar-refractivity contribution in [3.8, 4) is 0 Å². The highest BCUT2D eigenvalue weighted by molar-refractivity contribution is 5.99. The lowest BCUT2D eigenvalue weighted by molar-refractivity contribution is 0.0743. The number of hydrogen-bond acceptors (Lipinski definition) is 2. The van der Waals surface area contributed by atoms with Gasteiger partial charge in [-0.25, -0.2) is 0 Å². The third-order valence-electron chi connectivity index (χ3n) is 3.90. The molecule has 0 bridgehead atoms. The smallest absolute Gasteiger partial charge is 0.256 e. The molecule has 1 unspecified atom stereocenters. The van der Waals surface area contributed by atoms with E-state index in [0.717, 1.165) is 11.1 Å². The van der Waals surface area contributed by atoms with E-state index in [1.54, 1.807) is 11.0 Å². The molecule has 21 heavy (non-hydrogen) atoms. The van der Waals surface area contributed by atoms with Crippen molar-refractivity contribution in [2.75, 3.05) is 12.8 Å². The van der Waals surface area contributed by atoms with Crippen LogP contribution in [0.1, 0.15) is 40.0 Å². The van der Waals surface area contributed by atoms with Crippen LogP contribution in [0.3, 0.4) is 0 Å². The normalized spacial score (nSPS) is 12.0. The highest BCUT2D eigenvalue weighted by atomic mass is 16.2. The van der Waals surface area contributed by atoms with Gasteiger partial charge < -0.3 is 10.6 Å². The van der Waals surface area contributed by atoms with Crippen LogP contribution in [-0.4, -0.2) is 17.9 Å². The van der Waals surface area contributed by atoms with Crippen molar-refractivity contribution in [2.24, 2.45) is 0 Å². The summed E-state index contributed by atoms with van der Waals surface area (Å²) in [5, 5.41) is 0. The van der Waals surface area contributed by atoms with Gasteiger partial charge in [0.1, 0.15) is 0 Å². The fraction of sp³-hybridized carbons (Fsp3) is 0.278. The maximum absolute atomic E-state index is 12.6. The summed E-state index contributed by atoms with van der Waals surface area (Å²) in [5.74, 6) is -0.0516. The second kappa shape index (κ2) is 6.00. The highest BCUT2D eigenvalue weighted by Gasteiger charge is 2.20. The Bertz CT molecular complexity index is 647. The molecule has 0 aliphatic rings. The van der Waals surface area contributed by atoms with Gasteiger partial charge in [-0.05, 0) is 38.5 Å². The van der Waals surface area contributed by atoms with E-state index >= 15 is 0 Å². The molecule has 0 aromatic heterocycles. The Balaban J connectivity index is 2.26. The van der Waals surface area contributed by atoms with E-state index in [2.05, 4.69) is 31.2 Å². The summed E-state index contributed by atoms with van der Waals surface area (Å²) < 4.78 is 0. The van der Waals surface area contributed by atoms with Crippen LogP contribution < -0.4 is 5.73 Å². The maximum Gasteiger partial charge on any atom is 0.256 e. The SMILES string of the molecule is Cc1ccc(C(C)N(C)C(=O)c2cc(C)ccc2N)cc1. The van der Waals surface area contributed by atoms with Gasteiger partial charge in [-0.3, -0.25) is 4.79 Å². The minimum Gasteiger partial charge on any atom is -0.398 e. The average molecular weight is 282 g/mol. The Labute approximate surface area is 126 Å². The molecule has 2 N–H and O–H groups in total. The predicted octanol–water partition coefficient (Wildman–Crippen LogP) is 3.72. The Kier molecular flexibility index (Phi) is 4.32. The molecule has 0 radical (unpaired) electrons. The van der Waals surface area contributed by atoms with Crippen LogP contribution in [0.4, 0.5) is 5.69 Å². The summed E-state index contributed by atoms with van der Waals surface area (Å²) >= 11 is 0. The second-order valence-electron chi connectivity index (χ2n) is 5.59. The van der Waals surface area contributed by atoms with Crippen molar-refractivity contribution >= 4 is 11.6 Å². The first kappa shape index (κ1) is 15.1. The van der Waals surface area contributed by atoms with Crippen LogP contribution in [0.25, 0.3) is 0 Å². The molecule has 3 nitrogen and oxygen atoms in total. The number of aryl methyl sites for hydroxylation is 2. The van der Waals surface area contributed by atoms with E-state index in [0.29, 0.717) is 11.3 Å². The minimum absolute atomic E-state index is 0.00184. The summed E-state index contributed by atoms with van der Waals surface area (Å²) in [6, 6.07) is 13.8. The topological polar surface area (TPSA) is 46.3 Å². The van der Waals surface area contributed by atoms with Crippen molar-refractivity contribution in [3.05, 3.63) is 64.7 Å². The fourth-order valence-corrected chi connectivity index (χ4v) is 2.29. The number of amides is 1. The monoisotopic (exact) mass is 282 g/mol. The Morgan fingerprint density at radius 2 is 1.62 bits per heavy atom. The predicted molar refractivity (Wildman–Crippen MR) is 87.3 cm³/mol. The molecule has 0 aliphatic heterocycles. The van der Waals surface area contributed by atoms with Gasteiger partial charge in [-0.1, -0.05) is 41.5 Å². The largest absolute Gasteiger partial charge is 0.398 e. The van der Waals surface area contributed by atoms with Gasteiger partial charge in [0.05, 0.1) is 11.6 Å². The van der Waals surface area contributed by atoms with Crippen LogP contribution in [0.5, 0.6) is 0 Å². The molecule has 1 amide bonds. The summed E-state index contributed by atoms with van der Waals surface area (Å²) in [6.45, 7) is 6.03. The minimum atomic E-state index is -0.0516. The highest BCUT2D eigenvalue weighted by Crippen LogP contribution is 2.23. The Morgan fingerprint density at radius 1 is 1.05 bits per heavy atom. The molecule has 3 heteroatoms. The molecule has 0 spiro atoms. The van der Waals surface area contributed by atoms with E-state index in [4.69, 9.17) is 5.73 Å². The van der Waals surface area contributed by atoms with Gasteiger partial charge in [0.25, 0.3) is 5.91 Å². The van der Waals surface area contributed by atoms with Crippen LogP contribution in [0.15, 0.2) is 42.5 Å². The lowest BCUT2D eigenvalue weighted by Crippen LogP contribution is -2.30. The summed E-state index contributed by atoms with van der Waals surface area (Å²) in [5.41, 5.74) is 10.4. The number of benzene rings is 2. The van der Waals surface area contributed by atoms with Crippen molar-refractivity contribution in [1.82, 2.24) is 4.90 Å². The van der Waals surface area contributed by atoms with E-state index in [1.807, 2.05) is 33.0 Å². The molecule has 2 rings (SSSR count). The molecule has 0 saturated carbocycles. The van der Waals surface area contributed by atoms with Crippen molar-refractivity contribution in [2.45, 2.75) is 26.8 Å². The molecule has 0 heterocycles. The van der Waals surface area contributed by atoms with Gasteiger partial charge in [-0.15, -0.1) is 0 Å². The van der Waals surface area contributed by atoms with E-state index in [9.17, 15) is 4.79 Å². The third-order valence-corrected chi connectivity index (χ3v) is 3.90.